The predicted octanol–water partition coefficient (Wildman–Crippen LogP) is 4.94. The predicted molar refractivity (Wildman–Crippen MR) is 92.1 cm³/mol. The lowest BCUT2D eigenvalue weighted by Gasteiger charge is -1.98. The summed E-state index contributed by atoms with van der Waals surface area (Å²) in [6.45, 7) is 15.1. The molecule has 0 spiro atoms. The van der Waals surface area contributed by atoms with Crippen LogP contribution >= 0.6 is 0 Å². The van der Waals surface area contributed by atoms with E-state index in [1.807, 2.05) is 40.7 Å². The van der Waals surface area contributed by atoms with Gasteiger partial charge in [0.2, 0.25) is 0 Å². The van der Waals surface area contributed by atoms with Gasteiger partial charge in [-0.25, -0.2) is 4.98 Å². The van der Waals surface area contributed by atoms with Crippen molar-refractivity contribution in [1.29, 1.82) is 0 Å². The van der Waals surface area contributed by atoms with Crippen molar-refractivity contribution >= 4 is 12.2 Å². The Morgan fingerprint density at radius 1 is 1.00 bits per heavy atom. The van der Waals surface area contributed by atoms with Gasteiger partial charge in [-0.05, 0) is 0 Å². The van der Waals surface area contributed by atoms with Crippen LogP contribution in [-0.4, -0.2) is 11.7 Å². The maximum Gasteiger partial charge on any atom is 0.193 e. The highest BCUT2D eigenvalue weighted by Gasteiger charge is 1.98. The number of nitrogens with zero attached hydrogens (tertiary/aromatic N) is 1. The highest BCUT2D eigenvalue weighted by Crippen LogP contribution is 1.92. The van der Waals surface area contributed by atoms with Crippen molar-refractivity contribution in [3.63, 3.8) is 0 Å². The van der Waals surface area contributed by atoms with E-state index in [0.29, 0.717) is 6.71 Å². The third-order valence-electron chi connectivity index (χ3n) is 2.25. The Kier molecular flexibility index (Phi) is 16.2. The number of benzene rings is 1. The van der Waals surface area contributed by atoms with Crippen LogP contribution in [0.25, 0.3) is 0 Å². The van der Waals surface area contributed by atoms with Gasteiger partial charge in [-0.3, -0.25) is 0 Å². The van der Waals surface area contributed by atoms with Crippen molar-refractivity contribution in [2.75, 3.05) is 0 Å². The first-order valence-electron chi connectivity index (χ1n) is 7.67. The first-order valence-corrected chi connectivity index (χ1v) is 7.67. The maximum atomic E-state index is 4.87. The van der Waals surface area contributed by atoms with Crippen LogP contribution in [-0.2, 0) is 6.42 Å². The summed E-state index contributed by atoms with van der Waals surface area (Å²) in [5.41, 5.74) is 1.41. The number of aromatic nitrogens is 1. The van der Waals surface area contributed by atoms with E-state index in [4.69, 9.17) is 4.42 Å². The highest BCUT2D eigenvalue weighted by atomic mass is 16.3. The lowest BCUT2D eigenvalue weighted by molar-refractivity contribution is 0.501. The molecule has 1 aromatic carbocycles. The minimum atomic E-state index is 0.659. The molecule has 3 heteroatoms. The second-order valence-electron chi connectivity index (χ2n) is 3.84. The molecule has 0 aliphatic carbocycles. The molecule has 20 heavy (non-hydrogen) atoms. The second kappa shape index (κ2) is 15.6. The smallest absolute Gasteiger partial charge is 0.193 e. The van der Waals surface area contributed by atoms with Crippen LogP contribution in [0.1, 0.15) is 40.5 Å². The highest BCUT2D eigenvalue weighted by molar-refractivity contribution is 6.70. The van der Waals surface area contributed by atoms with Gasteiger partial charge in [-0.2, -0.15) is 0 Å². The Balaban J connectivity index is 0. The summed E-state index contributed by atoms with van der Waals surface area (Å²) in [5, 5.41) is 0. The molecule has 0 amide bonds. The van der Waals surface area contributed by atoms with Crippen molar-refractivity contribution in [1.82, 2.24) is 4.98 Å². The van der Waals surface area contributed by atoms with Gasteiger partial charge in [0, 0.05) is 6.42 Å². The van der Waals surface area contributed by atoms with E-state index < -0.39 is 0 Å². The standard InChI is InChI=1S/C8H11B.C5H7NO.2C2H6/c1-9(2)8-6-4-3-5-7-8;1-2-5-6-3-4-7-5;2*1-2/h3-7H,1-2H3;3-4H,2H2,1H3;2*1-2H3. The zero-order valence-electron chi connectivity index (χ0n) is 14.2. The van der Waals surface area contributed by atoms with E-state index in [0.717, 1.165) is 12.3 Å². The quantitative estimate of drug-likeness (QED) is 0.726. The van der Waals surface area contributed by atoms with Crippen LogP contribution in [0, 0.1) is 0 Å². The van der Waals surface area contributed by atoms with Crippen molar-refractivity contribution in [3.8, 4) is 0 Å². The van der Waals surface area contributed by atoms with Gasteiger partial charge < -0.3 is 4.42 Å². The summed E-state index contributed by atoms with van der Waals surface area (Å²) >= 11 is 0. The van der Waals surface area contributed by atoms with Crippen LogP contribution in [0.3, 0.4) is 0 Å². The van der Waals surface area contributed by atoms with E-state index in [-0.39, 0.29) is 0 Å². The zero-order valence-corrected chi connectivity index (χ0v) is 14.2. The van der Waals surface area contributed by atoms with Crippen LogP contribution in [0.2, 0.25) is 13.6 Å². The van der Waals surface area contributed by atoms with Crippen LogP contribution < -0.4 is 5.46 Å². The summed E-state index contributed by atoms with van der Waals surface area (Å²) in [5.74, 6) is 0.806. The van der Waals surface area contributed by atoms with Gasteiger partial charge in [0.1, 0.15) is 6.26 Å². The Bertz CT molecular complexity index is 371. The fourth-order valence-electron chi connectivity index (χ4n) is 1.27. The zero-order chi connectivity index (χ0) is 15.8. The molecule has 0 aliphatic rings. The third-order valence-corrected chi connectivity index (χ3v) is 2.25. The van der Waals surface area contributed by atoms with Crippen LogP contribution in [0.4, 0.5) is 0 Å². The van der Waals surface area contributed by atoms with Crippen LogP contribution in [0.5, 0.6) is 0 Å². The average molecular weight is 275 g/mol. The lowest BCUT2D eigenvalue weighted by atomic mass is 9.49. The monoisotopic (exact) mass is 275 g/mol. The number of rotatable bonds is 2. The molecule has 0 atom stereocenters. The molecule has 2 rings (SSSR count). The SMILES string of the molecule is CB(C)c1ccccc1.CC.CC.CCc1ncco1. The third kappa shape index (κ3) is 10.4. The van der Waals surface area contributed by atoms with Gasteiger partial charge >= 0.3 is 0 Å². The molecular formula is C17H30BNO. The first-order chi connectivity index (χ1) is 9.74. The van der Waals surface area contributed by atoms with Crippen molar-refractivity contribution < 1.29 is 4.42 Å². The van der Waals surface area contributed by atoms with E-state index in [9.17, 15) is 0 Å². The molecule has 2 aromatic rings. The van der Waals surface area contributed by atoms with Gasteiger partial charge in [0.25, 0.3) is 0 Å². The largest absolute Gasteiger partial charge is 0.449 e. The molecule has 0 N–H and O–H groups in total. The van der Waals surface area contributed by atoms with Gasteiger partial charge in [0.15, 0.2) is 12.6 Å². The average Bonchev–Trinajstić information content (AvgIpc) is 3.06. The summed E-state index contributed by atoms with van der Waals surface area (Å²) < 4.78 is 4.87. The van der Waals surface area contributed by atoms with Crippen molar-refractivity contribution in [2.45, 2.75) is 54.7 Å². The molecule has 2 nitrogen and oxygen atoms in total. The Morgan fingerprint density at radius 3 is 1.80 bits per heavy atom. The molecule has 0 bridgehead atoms. The Morgan fingerprint density at radius 2 is 1.55 bits per heavy atom. The molecule has 0 saturated carbocycles. The molecule has 1 aromatic heterocycles. The normalized spacial score (nSPS) is 7.95. The summed E-state index contributed by atoms with van der Waals surface area (Å²) in [7, 11) is 0. The summed E-state index contributed by atoms with van der Waals surface area (Å²) in [6.07, 6.45) is 4.12. The summed E-state index contributed by atoms with van der Waals surface area (Å²) in [4.78, 5) is 3.87. The number of oxazole rings is 1. The molecule has 0 radical (unpaired) electrons. The fourth-order valence-corrected chi connectivity index (χ4v) is 1.27. The van der Waals surface area contributed by atoms with E-state index in [1.165, 1.54) is 5.46 Å². The molecule has 112 valence electrons. The molecule has 1 heterocycles. The molecule has 0 fully saturated rings. The Labute approximate surface area is 125 Å². The van der Waals surface area contributed by atoms with E-state index in [1.54, 1.807) is 12.5 Å². The van der Waals surface area contributed by atoms with E-state index >= 15 is 0 Å². The number of hydrogen-bond acceptors (Lipinski definition) is 2. The summed E-state index contributed by atoms with van der Waals surface area (Å²) in [6, 6.07) is 10.5. The molecule has 0 aliphatic heterocycles. The van der Waals surface area contributed by atoms with Crippen LogP contribution in [0.15, 0.2) is 47.2 Å². The van der Waals surface area contributed by atoms with Gasteiger partial charge in [0.05, 0.1) is 6.20 Å². The fraction of sp³-hybridized carbons (Fsp3) is 0.471. The van der Waals surface area contributed by atoms with Crippen molar-refractivity contribution in [3.05, 3.63) is 48.7 Å². The molecule has 0 saturated heterocycles. The first kappa shape index (κ1) is 20.8. The van der Waals surface area contributed by atoms with Gasteiger partial charge in [-0.15, -0.1) is 0 Å². The topological polar surface area (TPSA) is 26.0 Å². The maximum absolute atomic E-state index is 4.87. The minimum absolute atomic E-state index is 0.659. The van der Waals surface area contributed by atoms with Gasteiger partial charge in [-0.1, -0.05) is 84.1 Å². The van der Waals surface area contributed by atoms with E-state index in [2.05, 4.69) is 42.9 Å². The second-order valence-corrected chi connectivity index (χ2v) is 3.84. The molecular weight excluding hydrogens is 245 g/mol. The number of hydrogen-bond donors (Lipinski definition) is 0. The molecule has 0 unspecified atom stereocenters. The number of aryl methyl sites for hydroxylation is 1. The Hall–Kier alpha value is -1.51. The van der Waals surface area contributed by atoms with Crippen molar-refractivity contribution in [2.24, 2.45) is 0 Å². The minimum Gasteiger partial charge on any atom is -0.449 e. The lowest BCUT2D eigenvalue weighted by Crippen LogP contribution is -2.21.